The molecule has 14 heavy (non-hydrogen) atoms. The van der Waals surface area contributed by atoms with Gasteiger partial charge in [-0.15, -0.1) is 0 Å². The number of rotatable bonds is 0. The van der Waals surface area contributed by atoms with Crippen LogP contribution in [0.3, 0.4) is 0 Å². The molecule has 2 heteroatoms. The van der Waals surface area contributed by atoms with Gasteiger partial charge in [0, 0.05) is 12.1 Å². The molecule has 1 atom stereocenters. The maximum absolute atomic E-state index is 5.63. The minimum absolute atomic E-state index is 0.335. The molecule has 0 radical (unpaired) electrons. The molecular formula is C12H11NO. The molecule has 1 N–H and O–H groups in total. The van der Waals surface area contributed by atoms with E-state index in [2.05, 4.69) is 29.6 Å². The Morgan fingerprint density at radius 3 is 2.93 bits per heavy atom. The molecule has 0 saturated heterocycles. The van der Waals surface area contributed by atoms with E-state index in [4.69, 9.17) is 4.74 Å². The molecule has 2 aliphatic heterocycles. The van der Waals surface area contributed by atoms with Gasteiger partial charge in [0.15, 0.2) is 0 Å². The summed E-state index contributed by atoms with van der Waals surface area (Å²) in [6.07, 6.45) is 8.61. The molecular weight excluding hydrogens is 174 g/mol. The minimum atomic E-state index is -0.335. The first-order valence-corrected chi connectivity index (χ1v) is 4.76. The Bertz CT molecular complexity index is 395. The molecule has 0 amide bonds. The summed E-state index contributed by atoms with van der Waals surface area (Å²) in [5, 5.41) is 3.39. The third-order valence-corrected chi connectivity index (χ3v) is 2.65. The number of nitrogens with one attached hydrogen (secondary N) is 1. The highest BCUT2D eigenvalue weighted by atomic mass is 16.5. The van der Waals surface area contributed by atoms with Gasteiger partial charge in [0.2, 0.25) is 5.72 Å². The van der Waals surface area contributed by atoms with Gasteiger partial charge < -0.3 is 10.1 Å². The average molecular weight is 185 g/mol. The van der Waals surface area contributed by atoms with Crippen LogP contribution < -0.4 is 5.32 Å². The molecule has 1 unspecified atom stereocenters. The SMILES string of the molecule is C1=COC2(C=C1)Cc1ccccc1N2. The summed E-state index contributed by atoms with van der Waals surface area (Å²) >= 11 is 0. The first kappa shape index (κ1) is 7.68. The lowest BCUT2D eigenvalue weighted by Crippen LogP contribution is -2.36. The van der Waals surface area contributed by atoms with Crippen molar-refractivity contribution in [2.75, 3.05) is 5.32 Å². The van der Waals surface area contributed by atoms with E-state index in [1.165, 1.54) is 11.3 Å². The number of hydrogen-bond donors (Lipinski definition) is 1. The quantitative estimate of drug-likeness (QED) is 0.670. The zero-order valence-corrected chi connectivity index (χ0v) is 7.73. The van der Waals surface area contributed by atoms with Crippen molar-refractivity contribution in [2.24, 2.45) is 0 Å². The standard InChI is InChI=1S/C12H11NO/c1-2-6-11-10(5-1)9-12(13-11)7-3-4-8-14-12/h1-8,13H,9H2. The largest absolute Gasteiger partial charge is 0.472 e. The minimum Gasteiger partial charge on any atom is -0.472 e. The van der Waals surface area contributed by atoms with E-state index in [1.807, 2.05) is 18.2 Å². The maximum Gasteiger partial charge on any atom is 0.203 e. The van der Waals surface area contributed by atoms with Gasteiger partial charge in [-0.05, 0) is 23.8 Å². The molecule has 3 rings (SSSR count). The molecule has 0 aliphatic carbocycles. The van der Waals surface area contributed by atoms with Crippen LogP contribution in [-0.2, 0) is 11.2 Å². The second kappa shape index (κ2) is 2.64. The molecule has 2 nitrogen and oxygen atoms in total. The maximum atomic E-state index is 5.63. The van der Waals surface area contributed by atoms with Crippen molar-refractivity contribution in [3.8, 4) is 0 Å². The van der Waals surface area contributed by atoms with Gasteiger partial charge in [0.05, 0.1) is 6.26 Å². The van der Waals surface area contributed by atoms with Gasteiger partial charge in [-0.2, -0.15) is 0 Å². The van der Waals surface area contributed by atoms with Crippen LogP contribution in [0.2, 0.25) is 0 Å². The van der Waals surface area contributed by atoms with Gasteiger partial charge in [-0.3, -0.25) is 0 Å². The Balaban J connectivity index is 1.98. The van der Waals surface area contributed by atoms with Crippen LogP contribution in [-0.4, -0.2) is 5.72 Å². The van der Waals surface area contributed by atoms with Crippen molar-refractivity contribution in [2.45, 2.75) is 12.1 Å². The number of allylic oxidation sites excluding steroid dienone is 2. The van der Waals surface area contributed by atoms with E-state index in [0.29, 0.717) is 0 Å². The first-order valence-electron chi connectivity index (χ1n) is 4.76. The second-order valence-corrected chi connectivity index (χ2v) is 3.65. The fourth-order valence-electron chi connectivity index (χ4n) is 1.98. The van der Waals surface area contributed by atoms with Crippen LogP contribution in [0.4, 0.5) is 5.69 Å². The molecule has 1 aromatic rings. The molecule has 1 aromatic carbocycles. The number of ether oxygens (including phenoxy) is 1. The Kier molecular flexibility index (Phi) is 1.45. The number of fused-ring (bicyclic) bond motifs is 1. The summed E-state index contributed by atoms with van der Waals surface area (Å²) in [6, 6.07) is 8.31. The van der Waals surface area contributed by atoms with Crippen LogP contribution in [0.5, 0.6) is 0 Å². The molecule has 2 aliphatic rings. The van der Waals surface area contributed by atoms with Crippen molar-refractivity contribution in [1.82, 2.24) is 0 Å². The Hall–Kier alpha value is -1.70. The normalized spacial score (nSPS) is 27.1. The lowest BCUT2D eigenvalue weighted by molar-refractivity contribution is 0.0990. The number of hydrogen-bond acceptors (Lipinski definition) is 2. The van der Waals surface area contributed by atoms with Gasteiger partial charge in [0.1, 0.15) is 0 Å². The van der Waals surface area contributed by atoms with Crippen molar-refractivity contribution >= 4 is 5.69 Å². The number of benzene rings is 1. The van der Waals surface area contributed by atoms with E-state index < -0.39 is 0 Å². The Morgan fingerprint density at radius 1 is 1.21 bits per heavy atom. The molecule has 0 saturated carbocycles. The average Bonchev–Trinajstić information content (AvgIpc) is 2.56. The van der Waals surface area contributed by atoms with E-state index in [1.54, 1.807) is 6.26 Å². The lowest BCUT2D eigenvalue weighted by atomic mass is 10.1. The van der Waals surface area contributed by atoms with Gasteiger partial charge in [-0.25, -0.2) is 0 Å². The van der Waals surface area contributed by atoms with E-state index in [0.717, 1.165) is 6.42 Å². The third kappa shape index (κ3) is 1.04. The lowest BCUT2D eigenvalue weighted by Gasteiger charge is -2.27. The zero-order chi connectivity index (χ0) is 9.43. The molecule has 0 fully saturated rings. The van der Waals surface area contributed by atoms with E-state index >= 15 is 0 Å². The van der Waals surface area contributed by atoms with Crippen LogP contribution in [0.1, 0.15) is 5.56 Å². The summed E-state index contributed by atoms with van der Waals surface area (Å²) < 4.78 is 5.63. The van der Waals surface area contributed by atoms with Crippen LogP contribution >= 0.6 is 0 Å². The monoisotopic (exact) mass is 185 g/mol. The smallest absolute Gasteiger partial charge is 0.203 e. The molecule has 1 spiro atoms. The van der Waals surface area contributed by atoms with Crippen LogP contribution in [0.15, 0.2) is 48.8 Å². The highest BCUT2D eigenvalue weighted by Crippen LogP contribution is 2.35. The fraction of sp³-hybridized carbons (Fsp3) is 0.167. The van der Waals surface area contributed by atoms with Crippen molar-refractivity contribution in [3.63, 3.8) is 0 Å². The Labute approximate surface area is 82.9 Å². The van der Waals surface area contributed by atoms with Crippen molar-refractivity contribution in [1.29, 1.82) is 0 Å². The van der Waals surface area contributed by atoms with Crippen LogP contribution in [0.25, 0.3) is 0 Å². The molecule has 0 aromatic heterocycles. The van der Waals surface area contributed by atoms with Crippen molar-refractivity contribution < 1.29 is 4.74 Å². The summed E-state index contributed by atoms with van der Waals surface area (Å²) in [5.41, 5.74) is 2.15. The summed E-state index contributed by atoms with van der Waals surface area (Å²) in [7, 11) is 0. The summed E-state index contributed by atoms with van der Waals surface area (Å²) in [4.78, 5) is 0. The summed E-state index contributed by atoms with van der Waals surface area (Å²) in [6.45, 7) is 0. The van der Waals surface area contributed by atoms with Crippen LogP contribution in [0, 0.1) is 0 Å². The molecule has 70 valence electrons. The fourth-order valence-corrected chi connectivity index (χ4v) is 1.98. The van der Waals surface area contributed by atoms with Gasteiger partial charge >= 0.3 is 0 Å². The van der Waals surface area contributed by atoms with Gasteiger partial charge in [0.25, 0.3) is 0 Å². The van der Waals surface area contributed by atoms with Crippen molar-refractivity contribution in [3.05, 3.63) is 54.3 Å². The third-order valence-electron chi connectivity index (χ3n) is 2.65. The Morgan fingerprint density at radius 2 is 2.14 bits per heavy atom. The first-order chi connectivity index (χ1) is 6.88. The van der Waals surface area contributed by atoms with E-state index in [-0.39, 0.29) is 5.72 Å². The summed E-state index contributed by atoms with van der Waals surface area (Å²) in [5.74, 6) is 0. The van der Waals surface area contributed by atoms with E-state index in [9.17, 15) is 0 Å². The highest BCUT2D eigenvalue weighted by Gasteiger charge is 2.35. The molecule has 2 heterocycles. The predicted octanol–water partition coefficient (Wildman–Crippen LogP) is 2.45. The second-order valence-electron chi connectivity index (χ2n) is 3.65. The number of anilines is 1. The zero-order valence-electron chi connectivity index (χ0n) is 7.73. The topological polar surface area (TPSA) is 21.3 Å². The van der Waals surface area contributed by atoms with Gasteiger partial charge in [-0.1, -0.05) is 24.3 Å². The number of para-hydroxylation sites is 1. The molecule has 0 bridgehead atoms. The predicted molar refractivity (Wildman–Crippen MR) is 55.9 cm³/mol. The highest BCUT2D eigenvalue weighted by molar-refractivity contribution is 5.59.